The van der Waals surface area contributed by atoms with E-state index < -0.39 is 17.8 Å². The number of hydrogen-bond donors (Lipinski definition) is 2. The summed E-state index contributed by atoms with van der Waals surface area (Å²) in [6, 6.07) is 15.8. The Kier molecular flexibility index (Phi) is 6.66. The molecule has 31 heavy (non-hydrogen) atoms. The highest BCUT2D eigenvalue weighted by atomic mass is 35.5. The normalized spacial score (nSPS) is 21.6. The van der Waals surface area contributed by atoms with E-state index in [4.69, 9.17) is 11.6 Å². The molecule has 4 rings (SSSR count). The van der Waals surface area contributed by atoms with Crippen LogP contribution in [0, 0.1) is 11.8 Å². The highest BCUT2D eigenvalue weighted by molar-refractivity contribution is 6.30. The first kappa shape index (κ1) is 21.5. The molecule has 1 heterocycles. The van der Waals surface area contributed by atoms with Crippen molar-refractivity contribution in [2.24, 2.45) is 11.8 Å². The van der Waals surface area contributed by atoms with E-state index in [-0.39, 0.29) is 5.91 Å². The summed E-state index contributed by atoms with van der Waals surface area (Å²) < 4.78 is 0. The Balaban J connectivity index is 1.33. The third kappa shape index (κ3) is 5.13. The molecular weight excluding hydrogens is 414 g/mol. The zero-order valence-electron chi connectivity index (χ0n) is 17.5. The Morgan fingerprint density at radius 1 is 0.806 bits per heavy atom. The van der Waals surface area contributed by atoms with Gasteiger partial charge in [0.2, 0.25) is 5.91 Å². The van der Waals surface area contributed by atoms with Gasteiger partial charge < -0.3 is 20.2 Å². The van der Waals surface area contributed by atoms with Crippen molar-refractivity contribution in [1.29, 1.82) is 0 Å². The van der Waals surface area contributed by atoms with Gasteiger partial charge in [-0.1, -0.05) is 24.4 Å². The van der Waals surface area contributed by atoms with Gasteiger partial charge in [-0.3, -0.25) is 9.59 Å². The highest BCUT2D eigenvalue weighted by Crippen LogP contribution is 2.31. The van der Waals surface area contributed by atoms with Gasteiger partial charge in [0.1, 0.15) is 0 Å². The molecule has 1 amide bonds. The number of carbonyl (C=O) groups excluding carboxylic acids is 1. The monoisotopic (exact) mass is 441 g/mol. The van der Waals surface area contributed by atoms with E-state index in [2.05, 4.69) is 27.2 Å². The Morgan fingerprint density at radius 3 is 1.81 bits per heavy atom. The number of amides is 1. The molecule has 7 heteroatoms. The second-order valence-corrected chi connectivity index (χ2v) is 8.76. The zero-order chi connectivity index (χ0) is 21.8. The number of carboxylic acid groups (broad SMARTS) is 1. The minimum absolute atomic E-state index is 0.184. The number of nitrogens with one attached hydrogen (secondary N) is 1. The lowest BCUT2D eigenvalue weighted by molar-refractivity contribution is -0.147. The number of carbonyl (C=O) groups is 2. The van der Waals surface area contributed by atoms with E-state index in [1.807, 2.05) is 36.4 Å². The van der Waals surface area contributed by atoms with Gasteiger partial charge in [-0.15, -0.1) is 0 Å². The SMILES string of the molecule is O=C(O)[C@@H]1CCCC[C@H]1C(=O)Nc1ccc(N2CCN(c3ccc(Cl)cc3)CC2)cc1. The number of nitrogens with zero attached hydrogens (tertiary/aromatic N) is 2. The summed E-state index contributed by atoms with van der Waals surface area (Å²) in [6.45, 7) is 3.68. The lowest BCUT2D eigenvalue weighted by Crippen LogP contribution is -2.46. The van der Waals surface area contributed by atoms with Gasteiger partial charge in [0.05, 0.1) is 11.8 Å². The number of piperazine rings is 1. The summed E-state index contributed by atoms with van der Waals surface area (Å²) in [5, 5.41) is 13.1. The number of carboxylic acids is 1. The zero-order valence-corrected chi connectivity index (χ0v) is 18.2. The molecular formula is C24H28ClN3O3. The van der Waals surface area contributed by atoms with Crippen LogP contribution in [0.25, 0.3) is 0 Å². The van der Waals surface area contributed by atoms with Crippen molar-refractivity contribution in [3.05, 3.63) is 53.6 Å². The molecule has 2 N–H and O–H groups in total. The maximum atomic E-state index is 12.7. The summed E-state index contributed by atoms with van der Waals surface area (Å²) in [4.78, 5) is 28.8. The van der Waals surface area contributed by atoms with Crippen LogP contribution in [0.3, 0.4) is 0 Å². The molecule has 2 atom stereocenters. The molecule has 2 aromatic carbocycles. The molecule has 0 unspecified atom stereocenters. The number of anilines is 3. The summed E-state index contributed by atoms with van der Waals surface area (Å²) in [5.41, 5.74) is 3.02. The smallest absolute Gasteiger partial charge is 0.307 e. The second kappa shape index (κ2) is 9.60. The lowest BCUT2D eigenvalue weighted by atomic mass is 9.78. The number of halogens is 1. The molecule has 2 fully saturated rings. The molecule has 1 saturated carbocycles. The first-order valence-corrected chi connectivity index (χ1v) is 11.3. The summed E-state index contributed by atoms with van der Waals surface area (Å²) in [5.74, 6) is -2.08. The van der Waals surface area contributed by atoms with Crippen molar-refractivity contribution in [3.8, 4) is 0 Å². The third-order valence-electron chi connectivity index (χ3n) is 6.39. The number of benzene rings is 2. The average Bonchev–Trinajstić information content (AvgIpc) is 2.80. The van der Waals surface area contributed by atoms with Crippen LogP contribution in [0.4, 0.5) is 17.1 Å². The molecule has 164 valence electrons. The molecule has 0 bridgehead atoms. The first-order valence-electron chi connectivity index (χ1n) is 10.9. The van der Waals surface area contributed by atoms with E-state index in [0.717, 1.165) is 49.7 Å². The van der Waals surface area contributed by atoms with Crippen molar-refractivity contribution in [1.82, 2.24) is 0 Å². The fourth-order valence-corrected chi connectivity index (χ4v) is 4.73. The van der Waals surface area contributed by atoms with E-state index >= 15 is 0 Å². The second-order valence-electron chi connectivity index (χ2n) is 8.32. The molecule has 0 aromatic heterocycles. The average molecular weight is 442 g/mol. The van der Waals surface area contributed by atoms with Crippen molar-refractivity contribution in [2.75, 3.05) is 41.3 Å². The van der Waals surface area contributed by atoms with Crippen molar-refractivity contribution in [2.45, 2.75) is 25.7 Å². The molecule has 0 radical (unpaired) electrons. The molecule has 2 aromatic rings. The molecule has 0 spiro atoms. The van der Waals surface area contributed by atoms with Gasteiger partial charge in [0.25, 0.3) is 0 Å². The van der Waals surface area contributed by atoms with Crippen LogP contribution in [0.1, 0.15) is 25.7 Å². The molecule has 2 aliphatic rings. The van der Waals surface area contributed by atoms with Crippen molar-refractivity contribution < 1.29 is 14.7 Å². The summed E-state index contributed by atoms with van der Waals surface area (Å²) >= 11 is 5.98. The molecule has 1 aliphatic heterocycles. The Morgan fingerprint density at radius 2 is 1.29 bits per heavy atom. The van der Waals surface area contributed by atoms with Crippen LogP contribution in [0.5, 0.6) is 0 Å². The van der Waals surface area contributed by atoms with E-state index in [1.54, 1.807) is 0 Å². The maximum absolute atomic E-state index is 12.7. The Hall–Kier alpha value is -2.73. The largest absolute Gasteiger partial charge is 0.481 e. The fraction of sp³-hybridized carbons (Fsp3) is 0.417. The third-order valence-corrected chi connectivity index (χ3v) is 6.64. The van der Waals surface area contributed by atoms with Crippen LogP contribution in [-0.2, 0) is 9.59 Å². The van der Waals surface area contributed by atoms with Gasteiger partial charge in [0, 0.05) is 48.3 Å². The number of hydrogen-bond acceptors (Lipinski definition) is 4. The summed E-state index contributed by atoms with van der Waals surface area (Å²) in [6.07, 6.45) is 3.00. The van der Waals surface area contributed by atoms with Crippen LogP contribution in [-0.4, -0.2) is 43.2 Å². The number of rotatable bonds is 5. The van der Waals surface area contributed by atoms with Crippen LogP contribution < -0.4 is 15.1 Å². The van der Waals surface area contributed by atoms with Crippen LogP contribution in [0.2, 0.25) is 5.02 Å². The fourth-order valence-electron chi connectivity index (χ4n) is 4.61. The van der Waals surface area contributed by atoms with Gasteiger partial charge >= 0.3 is 5.97 Å². The Bertz CT molecular complexity index is 909. The minimum Gasteiger partial charge on any atom is -0.481 e. The van der Waals surface area contributed by atoms with Crippen molar-refractivity contribution >= 4 is 40.5 Å². The van der Waals surface area contributed by atoms with E-state index in [9.17, 15) is 14.7 Å². The predicted octanol–water partition coefficient (Wildman–Crippen LogP) is 4.50. The predicted molar refractivity (Wildman–Crippen MR) is 124 cm³/mol. The topological polar surface area (TPSA) is 72.9 Å². The minimum atomic E-state index is -0.868. The van der Waals surface area contributed by atoms with Crippen LogP contribution >= 0.6 is 11.6 Å². The van der Waals surface area contributed by atoms with E-state index in [0.29, 0.717) is 18.5 Å². The highest BCUT2D eigenvalue weighted by Gasteiger charge is 2.35. The van der Waals surface area contributed by atoms with Gasteiger partial charge in [-0.2, -0.15) is 0 Å². The van der Waals surface area contributed by atoms with Gasteiger partial charge in [-0.25, -0.2) is 0 Å². The van der Waals surface area contributed by atoms with Gasteiger partial charge in [-0.05, 0) is 61.4 Å². The lowest BCUT2D eigenvalue weighted by Gasteiger charge is -2.37. The van der Waals surface area contributed by atoms with Crippen molar-refractivity contribution in [3.63, 3.8) is 0 Å². The Labute approximate surface area is 187 Å². The first-order chi connectivity index (χ1) is 15.0. The van der Waals surface area contributed by atoms with E-state index in [1.165, 1.54) is 5.69 Å². The maximum Gasteiger partial charge on any atom is 0.307 e. The number of aliphatic carboxylic acids is 1. The van der Waals surface area contributed by atoms with Crippen LogP contribution in [0.15, 0.2) is 48.5 Å². The molecule has 1 saturated heterocycles. The standard InChI is InChI=1S/C24H28ClN3O3/c25-17-5-9-19(10-6-17)27-13-15-28(16-14-27)20-11-7-18(8-12-20)26-23(29)21-3-1-2-4-22(21)24(30)31/h5-12,21-22H,1-4,13-16H2,(H,26,29)(H,30,31)/t21-,22-/m1/s1. The summed E-state index contributed by atoms with van der Waals surface area (Å²) in [7, 11) is 0. The van der Waals surface area contributed by atoms with Gasteiger partial charge in [0.15, 0.2) is 0 Å². The quantitative estimate of drug-likeness (QED) is 0.714. The molecule has 6 nitrogen and oxygen atoms in total. The molecule has 1 aliphatic carbocycles.